The molecule has 2 aromatic carbocycles. The molecule has 0 fully saturated rings. The van der Waals surface area contributed by atoms with Crippen LogP contribution in [0.3, 0.4) is 0 Å². The Bertz CT molecular complexity index is 780. The maximum absolute atomic E-state index is 10.00. The molecule has 1 heterocycles. The van der Waals surface area contributed by atoms with E-state index in [4.69, 9.17) is 5.73 Å². The quantitative estimate of drug-likeness (QED) is 0.707. The van der Waals surface area contributed by atoms with Gasteiger partial charge in [0.15, 0.2) is 0 Å². The van der Waals surface area contributed by atoms with E-state index in [9.17, 15) is 5.11 Å². The molecule has 1 aromatic heterocycles. The first kappa shape index (κ1) is 13.1. The van der Waals surface area contributed by atoms with Gasteiger partial charge in [-0.2, -0.15) is 0 Å². The molecule has 0 saturated carbocycles. The number of imidazole rings is 1. The number of aliphatic hydroxyl groups excluding tert-OH is 1. The largest absolute Gasteiger partial charge is 0.399 e. The molecule has 20 heavy (non-hydrogen) atoms. The Balaban J connectivity index is 2.38. The van der Waals surface area contributed by atoms with Crippen LogP contribution in [0, 0.1) is 0 Å². The van der Waals surface area contributed by atoms with Crippen LogP contribution in [0.4, 0.5) is 5.69 Å². The number of benzene rings is 2. The first-order valence-corrected chi connectivity index (χ1v) is 7.08. The highest BCUT2D eigenvalue weighted by atomic mass is 79.9. The van der Waals surface area contributed by atoms with E-state index in [1.807, 2.05) is 47.0 Å². The summed E-state index contributed by atoms with van der Waals surface area (Å²) in [5.41, 5.74) is 9.10. The van der Waals surface area contributed by atoms with Gasteiger partial charge in [-0.1, -0.05) is 12.1 Å². The number of aromatic nitrogens is 2. The Kier molecular flexibility index (Phi) is 3.23. The molecule has 3 rings (SSSR count). The van der Waals surface area contributed by atoms with E-state index in [0.29, 0.717) is 11.5 Å². The standard InChI is InChI=1S/C15H14BrN3O/c1-9(20)15-18-12-8-10(17)6-7-14(12)19(15)13-5-3-2-4-11(13)16/h2-9,20H,17H2,1H3. The molecule has 0 amide bonds. The SMILES string of the molecule is CC(O)c1nc2cc(N)ccc2n1-c1ccccc1Br. The maximum atomic E-state index is 10.00. The van der Waals surface area contributed by atoms with Gasteiger partial charge in [0.05, 0.1) is 16.7 Å². The second kappa shape index (κ2) is 4.92. The fourth-order valence-electron chi connectivity index (χ4n) is 2.28. The third-order valence-corrected chi connectivity index (χ3v) is 3.84. The van der Waals surface area contributed by atoms with Crippen LogP contribution in [0.2, 0.25) is 0 Å². The highest BCUT2D eigenvalue weighted by molar-refractivity contribution is 9.10. The molecule has 0 aliphatic rings. The van der Waals surface area contributed by atoms with Gasteiger partial charge >= 0.3 is 0 Å². The Hall–Kier alpha value is -1.85. The minimum absolute atomic E-state index is 0.595. The molecule has 0 bridgehead atoms. The average Bonchev–Trinajstić information content (AvgIpc) is 2.78. The van der Waals surface area contributed by atoms with Crippen molar-refractivity contribution in [1.82, 2.24) is 9.55 Å². The van der Waals surface area contributed by atoms with Crippen molar-refractivity contribution < 1.29 is 5.11 Å². The lowest BCUT2D eigenvalue weighted by atomic mass is 10.2. The van der Waals surface area contributed by atoms with Crippen molar-refractivity contribution in [3.63, 3.8) is 0 Å². The lowest BCUT2D eigenvalue weighted by Gasteiger charge is -2.12. The molecule has 0 radical (unpaired) electrons. The summed E-state index contributed by atoms with van der Waals surface area (Å²) in [6.45, 7) is 1.71. The van der Waals surface area contributed by atoms with Gasteiger partial charge in [-0.25, -0.2) is 4.98 Å². The third-order valence-electron chi connectivity index (χ3n) is 3.17. The topological polar surface area (TPSA) is 64.1 Å². The van der Waals surface area contributed by atoms with Crippen molar-refractivity contribution in [2.75, 3.05) is 5.73 Å². The fraction of sp³-hybridized carbons (Fsp3) is 0.133. The molecule has 3 aromatic rings. The molecule has 0 aliphatic carbocycles. The van der Waals surface area contributed by atoms with Crippen molar-refractivity contribution >= 4 is 32.7 Å². The first-order chi connectivity index (χ1) is 9.58. The summed E-state index contributed by atoms with van der Waals surface area (Å²) in [6, 6.07) is 13.4. The number of aliphatic hydroxyl groups is 1. The van der Waals surface area contributed by atoms with E-state index < -0.39 is 6.10 Å². The number of fused-ring (bicyclic) bond motifs is 1. The first-order valence-electron chi connectivity index (χ1n) is 6.29. The van der Waals surface area contributed by atoms with Crippen molar-refractivity contribution in [3.05, 3.63) is 52.8 Å². The number of nitrogens with two attached hydrogens (primary N) is 1. The van der Waals surface area contributed by atoms with Crippen LogP contribution < -0.4 is 5.73 Å². The van der Waals surface area contributed by atoms with E-state index in [-0.39, 0.29) is 0 Å². The number of hydrogen-bond acceptors (Lipinski definition) is 3. The molecule has 4 nitrogen and oxygen atoms in total. The minimum atomic E-state index is -0.671. The number of rotatable bonds is 2. The van der Waals surface area contributed by atoms with Crippen LogP contribution >= 0.6 is 15.9 Å². The van der Waals surface area contributed by atoms with Gasteiger partial charge in [0, 0.05) is 10.2 Å². The maximum Gasteiger partial charge on any atom is 0.143 e. The van der Waals surface area contributed by atoms with Crippen molar-refractivity contribution in [3.8, 4) is 5.69 Å². The number of halogens is 1. The molecule has 1 unspecified atom stereocenters. The Morgan fingerprint density at radius 2 is 2.00 bits per heavy atom. The summed E-state index contributed by atoms with van der Waals surface area (Å²) in [5.74, 6) is 0.595. The highest BCUT2D eigenvalue weighted by Crippen LogP contribution is 2.30. The highest BCUT2D eigenvalue weighted by Gasteiger charge is 2.17. The van der Waals surface area contributed by atoms with Gasteiger partial charge in [-0.3, -0.25) is 4.57 Å². The van der Waals surface area contributed by atoms with E-state index in [1.54, 1.807) is 6.92 Å². The van der Waals surface area contributed by atoms with Crippen LogP contribution in [0.5, 0.6) is 0 Å². The van der Waals surface area contributed by atoms with Gasteiger partial charge in [0.25, 0.3) is 0 Å². The predicted octanol–water partition coefficient (Wildman–Crippen LogP) is 3.42. The number of para-hydroxylation sites is 1. The normalized spacial score (nSPS) is 12.8. The number of nitrogens with zero attached hydrogens (tertiary/aromatic N) is 2. The zero-order valence-corrected chi connectivity index (χ0v) is 12.5. The molecule has 0 saturated heterocycles. The second-order valence-electron chi connectivity index (χ2n) is 4.68. The average molecular weight is 332 g/mol. The smallest absolute Gasteiger partial charge is 0.143 e. The zero-order valence-electron chi connectivity index (χ0n) is 10.9. The molecule has 0 spiro atoms. The molecule has 102 valence electrons. The van der Waals surface area contributed by atoms with E-state index >= 15 is 0 Å². The third kappa shape index (κ3) is 2.09. The second-order valence-corrected chi connectivity index (χ2v) is 5.54. The predicted molar refractivity (Wildman–Crippen MR) is 83.8 cm³/mol. The van der Waals surface area contributed by atoms with Crippen molar-refractivity contribution in [1.29, 1.82) is 0 Å². The monoisotopic (exact) mass is 331 g/mol. The van der Waals surface area contributed by atoms with Crippen LogP contribution in [0.15, 0.2) is 46.9 Å². The Labute approximate surface area is 125 Å². The zero-order chi connectivity index (χ0) is 14.3. The van der Waals surface area contributed by atoms with Crippen molar-refractivity contribution in [2.45, 2.75) is 13.0 Å². The van der Waals surface area contributed by atoms with Crippen LogP contribution in [-0.4, -0.2) is 14.7 Å². The Morgan fingerprint density at radius 1 is 1.25 bits per heavy atom. The fourth-order valence-corrected chi connectivity index (χ4v) is 2.74. The number of anilines is 1. The Morgan fingerprint density at radius 3 is 2.70 bits per heavy atom. The van der Waals surface area contributed by atoms with Crippen LogP contribution in [0.25, 0.3) is 16.7 Å². The number of nitrogen functional groups attached to an aromatic ring is 1. The minimum Gasteiger partial charge on any atom is -0.399 e. The molecule has 1 atom stereocenters. The molecule has 3 N–H and O–H groups in total. The van der Waals surface area contributed by atoms with E-state index in [2.05, 4.69) is 20.9 Å². The summed E-state index contributed by atoms with van der Waals surface area (Å²) in [7, 11) is 0. The van der Waals surface area contributed by atoms with Gasteiger partial charge < -0.3 is 10.8 Å². The molecular weight excluding hydrogens is 318 g/mol. The lowest BCUT2D eigenvalue weighted by Crippen LogP contribution is -2.05. The van der Waals surface area contributed by atoms with Gasteiger partial charge in [-0.15, -0.1) is 0 Å². The molecular formula is C15H14BrN3O. The van der Waals surface area contributed by atoms with Gasteiger partial charge in [-0.05, 0) is 53.2 Å². The summed E-state index contributed by atoms with van der Waals surface area (Å²) < 4.78 is 2.89. The van der Waals surface area contributed by atoms with Crippen LogP contribution in [0.1, 0.15) is 18.9 Å². The van der Waals surface area contributed by atoms with Gasteiger partial charge in [0.2, 0.25) is 0 Å². The lowest BCUT2D eigenvalue weighted by molar-refractivity contribution is 0.187. The van der Waals surface area contributed by atoms with Gasteiger partial charge in [0.1, 0.15) is 11.9 Å². The summed E-state index contributed by atoms with van der Waals surface area (Å²) in [5, 5.41) is 10.00. The van der Waals surface area contributed by atoms with E-state index in [0.717, 1.165) is 21.2 Å². The number of hydrogen-bond donors (Lipinski definition) is 2. The summed E-state index contributed by atoms with van der Waals surface area (Å²) in [6.07, 6.45) is -0.671. The molecule has 5 heteroatoms. The molecule has 0 aliphatic heterocycles. The van der Waals surface area contributed by atoms with Crippen LogP contribution in [-0.2, 0) is 0 Å². The van der Waals surface area contributed by atoms with Crippen molar-refractivity contribution in [2.24, 2.45) is 0 Å². The summed E-state index contributed by atoms with van der Waals surface area (Å²) >= 11 is 3.55. The summed E-state index contributed by atoms with van der Waals surface area (Å²) in [4.78, 5) is 4.50. The van der Waals surface area contributed by atoms with E-state index in [1.165, 1.54) is 0 Å².